The minimum Gasteiger partial charge on any atom is -0.355 e. The molecule has 1 unspecified atom stereocenters. The van der Waals surface area contributed by atoms with Gasteiger partial charge in [0.25, 0.3) is 0 Å². The van der Waals surface area contributed by atoms with E-state index in [1.54, 1.807) is 0 Å². The third-order valence-corrected chi connectivity index (χ3v) is 17.6. The van der Waals surface area contributed by atoms with E-state index in [4.69, 9.17) is 0 Å². The van der Waals surface area contributed by atoms with Crippen molar-refractivity contribution in [2.24, 2.45) is 0 Å². The van der Waals surface area contributed by atoms with Crippen LogP contribution in [0.4, 0.5) is 22.7 Å². The average molecular weight is 1050 g/mol. The van der Waals surface area contributed by atoms with Crippen LogP contribution in [0, 0.1) is 0 Å². The molecule has 13 aromatic carbocycles. The van der Waals surface area contributed by atoms with Gasteiger partial charge in [-0.05, 0) is 181 Å². The van der Waals surface area contributed by atoms with Gasteiger partial charge >= 0.3 is 0 Å². The molecule has 1 aliphatic heterocycles. The van der Waals surface area contributed by atoms with E-state index >= 15 is 0 Å². The van der Waals surface area contributed by atoms with Crippen molar-refractivity contribution < 1.29 is 0 Å². The van der Waals surface area contributed by atoms with E-state index in [9.17, 15) is 0 Å². The van der Waals surface area contributed by atoms with Crippen molar-refractivity contribution in [3.63, 3.8) is 0 Å². The second-order valence-corrected chi connectivity index (χ2v) is 22.1. The number of nitrogens with zero attached hydrogens (tertiary/aromatic N) is 3. The molecule has 1 aliphatic carbocycles. The maximum atomic E-state index is 3.73. The highest BCUT2D eigenvalue weighted by Gasteiger charge is 2.37. The molecule has 1 N–H and O–H groups in total. The first kappa shape index (κ1) is 46.3. The highest BCUT2D eigenvalue weighted by atomic mass is 15.2. The van der Waals surface area contributed by atoms with E-state index < -0.39 is 0 Å². The molecule has 15 aromatic rings. The fourth-order valence-corrected chi connectivity index (χ4v) is 13.9. The van der Waals surface area contributed by atoms with Crippen molar-refractivity contribution in [1.82, 2.24) is 9.13 Å². The minimum absolute atomic E-state index is 0.161. The van der Waals surface area contributed by atoms with E-state index in [1.807, 2.05) is 0 Å². The third kappa shape index (κ3) is 7.25. The first-order valence-corrected chi connectivity index (χ1v) is 28.5. The molecule has 3 heterocycles. The number of hydrogen-bond donors (Lipinski definition) is 1. The molecular weight excluding hydrogens is 993 g/mol. The molecule has 0 bridgehead atoms. The molecule has 2 aromatic heterocycles. The number of allylic oxidation sites excluding steroid dienone is 4. The van der Waals surface area contributed by atoms with Crippen molar-refractivity contribution >= 4 is 104 Å². The van der Waals surface area contributed by atoms with Crippen LogP contribution in [0.2, 0.25) is 0 Å². The molecule has 17 rings (SSSR count). The number of para-hydroxylation sites is 5. The summed E-state index contributed by atoms with van der Waals surface area (Å²) in [4.78, 5) is 2.48. The summed E-state index contributed by atoms with van der Waals surface area (Å²) in [6.07, 6.45) is 5.59. The monoisotopic (exact) mass is 1040 g/mol. The normalized spacial score (nSPS) is 14.0. The Hall–Kier alpha value is -10.7. The topological polar surface area (TPSA) is 25.1 Å². The van der Waals surface area contributed by atoms with Gasteiger partial charge in [-0.1, -0.05) is 182 Å². The van der Waals surface area contributed by atoms with Gasteiger partial charge in [-0.2, -0.15) is 0 Å². The summed E-state index contributed by atoms with van der Waals surface area (Å²) in [6, 6.07) is 103. The lowest BCUT2D eigenvalue weighted by atomic mass is 9.83. The van der Waals surface area contributed by atoms with Crippen molar-refractivity contribution in [3.8, 4) is 33.6 Å². The van der Waals surface area contributed by atoms with Crippen LogP contribution in [-0.4, -0.2) is 9.13 Å². The van der Waals surface area contributed by atoms with Gasteiger partial charge in [-0.3, -0.25) is 0 Å². The second-order valence-electron chi connectivity index (χ2n) is 22.1. The zero-order chi connectivity index (χ0) is 53.8. The molecule has 0 saturated carbocycles. The second kappa shape index (κ2) is 18.5. The van der Waals surface area contributed by atoms with Gasteiger partial charge < -0.3 is 19.4 Å². The van der Waals surface area contributed by atoms with Crippen LogP contribution in [0.3, 0.4) is 0 Å². The number of rotatable bonds is 8. The third-order valence-electron chi connectivity index (χ3n) is 17.6. The van der Waals surface area contributed by atoms with E-state index in [0.717, 1.165) is 29.2 Å². The summed E-state index contributed by atoms with van der Waals surface area (Å²) in [6.45, 7) is 0. The number of fused-ring (bicyclic) bond motifs is 15. The number of hydrogen-bond acceptors (Lipinski definition) is 2. The van der Waals surface area contributed by atoms with Crippen LogP contribution in [0.5, 0.6) is 0 Å². The molecule has 4 nitrogen and oxygen atoms in total. The van der Waals surface area contributed by atoms with Crippen molar-refractivity contribution in [1.29, 1.82) is 0 Å². The predicted octanol–water partition coefficient (Wildman–Crippen LogP) is 21.0. The summed E-state index contributed by atoms with van der Waals surface area (Å²) in [7, 11) is 0. The highest BCUT2D eigenvalue weighted by molar-refractivity contribution is 6.26. The Morgan fingerprint density at radius 2 is 0.841 bits per heavy atom. The Kier molecular flexibility index (Phi) is 10.4. The molecule has 384 valence electrons. The van der Waals surface area contributed by atoms with Crippen LogP contribution in [0.15, 0.2) is 297 Å². The number of nitrogens with one attached hydrogen (secondary N) is 1. The quantitative estimate of drug-likeness (QED) is 0.153. The summed E-state index contributed by atoms with van der Waals surface area (Å²) in [5.41, 5.74) is 21.5. The van der Waals surface area contributed by atoms with Crippen LogP contribution < -0.4 is 10.2 Å². The maximum absolute atomic E-state index is 3.73. The zero-order valence-electron chi connectivity index (χ0n) is 44.8. The van der Waals surface area contributed by atoms with E-state index in [-0.39, 0.29) is 5.92 Å². The molecule has 0 radical (unpaired) electrons. The molecular formula is C78H52N4. The van der Waals surface area contributed by atoms with Crippen molar-refractivity contribution in [2.45, 2.75) is 12.3 Å². The van der Waals surface area contributed by atoms with Gasteiger partial charge in [0.2, 0.25) is 0 Å². The summed E-state index contributed by atoms with van der Waals surface area (Å²) >= 11 is 0. The molecule has 0 amide bonds. The van der Waals surface area contributed by atoms with Gasteiger partial charge in [0.05, 0.1) is 22.1 Å². The standard InChI is InChI=1S/C78H52N4/c1-4-20-55(21-5-1)79-72-33-16-14-27-59(72)54-38-42-75-69(47-54)67-45-52(36-40-74(67)80(75)56-22-6-2-7-23-56)53-37-41-76-68(46-53)71-48-70-65-32-15-17-34-73(65)81(57-24-8-3-9-25-57)77(70)49-78(71)82(76)58-26-18-19-50(43-58)51-35-39-64-62-30-11-10-28-60(62)61-29-12-13-31-63(61)66(64)44-51/h1-46,48-49,69,79H,47H2. The van der Waals surface area contributed by atoms with Crippen LogP contribution in [0.1, 0.15) is 23.5 Å². The molecule has 1 atom stereocenters. The van der Waals surface area contributed by atoms with Gasteiger partial charge in [0.1, 0.15) is 0 Å². The van der Waals surface area contributed by atoms with Gasteiger partial charge in [-0.25, -0.2) is 0 Å². The number of aromatic nitrogens is 2. The Labute approximate surface area is 475 Å². The molecule has 0 spiro atoms. The fraction of sp³-hybridized carbons (Fsp3) is 0.0256. The zero-order valence-corrected chi connectivity index (χ0v) is 44.8. The lowest BCUT2D eigenvalue weighted by molar-refractivity contribution is 0.833. The van der Waals surface area contributed by atoms with Crippen molar-refractivity contribution in [2.75, 3.05) is 10.2 Å². The Balaban J connectivity index is 0.837. The van der Waals surface area contributed by atoms with Crippen molar-refractivity contribution in [3.05, 3.63) is 308 Å². The number of anilines is 4. The van der Waals surface area contributed by atoms with E-state index in [2.05, 4.69) is 311 Å². The molecule has 0 saturated heterocycles. The highest BCUT2D eigenvalue weighted by Crippen LogP contribution is 2.54. The Morgan fingerprint density at radius 3 is 1.60 bits per heavy atom. The molecule has 0 fully saturated rings. The summed E-state index contributed by atoms with van der Waals surface area (Å²) < 4.78 is 4.94. The van der Waals surface area contributed by atoms with Gasteiger partial charge in [0.15, 0.2) is 0 Å². The minimum atomic E-state index is 0.161. The SMILES string of the molecule is C1=C(c2ccccc2Nc2ccccc2)CC2C(=C1)N(c1ccccc1)c1ccc(-c3ccc4c(c3)c3cc5c6ccccc6n(-c6ccccc6)c5cc3n4-c3cccc(-c4ccc5c6ccccc6c6ccccc6c5c4)c3)cc12. The maximum Gasteiger partial charge on any atom is 0.0562 e. The smallest absolute Gasteiger partial charge is 0.0562 e. The fourth-order valence-electron chi connectivity index (χ4n) is 13.9. The van der Waals surface area contributed by atoms with Crippen LogP contribution >= 0.6 is 0 Å². The molecule has 2 aliphatic rings. The van der Waals surface area contributed by atoms with Crippen LogP contribution in [0.25, 0.3) is 115 Å². The lowest BCUT2D eigenvalue weighted by Crippen LogP contribution is -2.15. The van der Waals surface area contributed by atoms with E-state index in [0.29, 0.717) is 0 Å². The van der Waals surface area contributed by atoms with E-state index in [1.165, 1.54) is 132 Å². The van der Waals surface area contributed by atoms with Gasteiger partial charge in [0, 0.05) is 72.8 Å². The average Bonchev–Trinajstić information content (AvgIpc) is 2.30. The lowest BCUT2D eigenvalue weighted by Gasteiger charge is -2.27. The summed E-state index contributed by atoms with van der Waals surface area (Å²) in [5, 5.41) is 16.3. The first-order chi connectivity index (χ1) is 40.7. The largest absolute Gasteiger partial charge is 0.355 e. The van der Waals surface area contributed by atoms with Crippen LogP contribution in [-0.2, 0) is 0 Å². The van der Waals surface area contributed by atoms with Gasteiger partial charge in [-0.15, -0.1) is 0 Å². The summed E-state index contributed by atoms with van der Waals surface area (Å²) in [5.74, 6) is 0.161. The number of benzene rings is 13. The predicted molar refractivity (Wildman–Crippen MR) is 347 cm³/mol. The first-order valence-electron chi connectivity index (χ1n) is 28.5. The Morgan fingerprint density at radius 1 is 0.317 bits per heavy atom. The molecule has 82 heavy (non-hydrogen) atoms. The Bertz CT molecular complexity index is 5120. The molecule has 4 heteroatoms.